The van der Waals surface area contributed by atoms with Gasteiger partial charge in [-0.25, -0.2) is 4.79 Å². The number of allylic oxidation sites excluding steroid dienone is 1. The van der Waals surface area contributed by atoms with Crippen LogP contribution in [0.3, 0.4) is 0 Å². The number of carbonyl (C=O) groups is 1. The van der Waals surface area contributed by atoms with Crippen molar-refractivity contribution in [3.63, 3.8) is 0 Å². The van der Waals surface area contributed by atoms with Crippen LogP contribution < -0.4 is 8.92 Å². The summed E-state index contributed by atoms with van der Waals surface area (Å²) in [6.45, 7) is 3.57. The second-order valence-corrected chi connectivity index (χ2v) is 9.76. The number of benzene rings is 3. The van der Waals surface area contributed by atoms with Crippen molar-refractivity contribution >= 4 is 16.3 Å². The number of carbonyl (C=O) groups excluding carboxylic acids is 1. The monoisotopic (exact) mass is 528 g/mol. The van der Waals surface area contributed by atoms with Gasteiger partial charge in [-0.3, -0.25) is 0 Å². The third kappa shape index (κ3) is 6.95. The number of aryl methyl sites for hydroxylation is 1. The fourth-order valence-electron chi connectivity index (χ4n) is 3.56. The Kier molecular flexibility index (Phi) is 8.67. The van der Waals surface area contributed by atoms with E-state index in [0.717, 1.165) is 5.56 Å². The molecule has 0 spiro atoms. The summed E-state index contributed by atoms with van der Waals surface area (Å²) in [5.74, 6) is -0.196. The van der Waals surface area contributed by atoms with E-state index < -0.39 is 16.3 Å². The van der Waals surface area contributed by atoms with Crippen molar-refractivity contribution in [3.05, 3.63) is 77.4 Å². The Balaban J connectivity index is 2.08. The van der Waals surface area contributed by atoms with Crippen LogP contribution in [0.15, 0.2) is 71.1 Å². The lowest BCUT2D eigenvalue weighted by Crippen LogP contribution is -2.11. The van der Waals surface area contributed by atoms with Gasteiger partial charge < -0.3 is 28.6 Å². The minimum Gasteiger partial charge on any atom is -0.508 e. The predicted molar refractivity (Wildman–Crippen MR) is 137 cm³/mol. The van der Waals surface area contributed by atoms with Gasteiger partial charge in [-0.1, -0.05) is 29.8 Å². The molecule has 0 aliphatic rings. The zero-order valence-corrected chi connectivity index (χ0v) is 21.7. The number of rotatable bonds is 9. The Morgan fingerprint density at radius 3 is 2.22 bits per heavy atom. The van der Waals surface area contributed by atoms with E-state index in [4.69, 9.17) is 13.7 Å². The molecule has 0 atom stereocenters. The quantitative estimate of drug-likeness (QED) is 0.221. The SMILES string of the molecule is COC(=O)OC/C(C)=C/Cc1c(-c2cc(O)cc(O)c2)ccc(OS(=O)(=O)c2ccc(C)cc2)c1OC. The van der Waals surface area contributed by atoms with E-state index in [9.17, 15) is 23.4 Å². The third-order valence-corrected chi connectivity index (χ3v) is 6.64. The lowest BCUT2D eigenvalue weighted by atomic mass is 9.95. The van der Waals surface area contributed by atoms with E-state index in [1.165, 1.54) is 50.6 Å². The molecular weight excluding hydrogens is 500 g/mol. The van der Waals surface area contributed by atoms with Gasteiger partial charge in [-0.15, -0.1) is 0 Å². The van der Waals surface area contributed by atoms with Crippen LogP contribution in [0.2, 0.25) is 0 Å². The van der Waals surface area contributed by atoms with Crippen LogP contribution in [0.5, 0.6) is 23.0 Å². The summed E-state index contributed by atoms with van der Waals surface area (Å²) >= 11 is 0. The molecule has 37 heavy (non-hydrogen) atoms. The molecule has 0 heterocycles. The molecule has 196 valence electrons. The molecule has 3 aromatic carbocycles. The molecule has 2 N–H and O–H groups in total. The van der Waals surface area contributed by atoms with Gasteiger partial charge in [-0.05, 0) is 67.3 Å². The summed E-state index contributed by atoms with van der Waals surface area (Å²) in [6.07, 6.45) is 1.16. The summed E-state index contributed by atoms with van der Waals surface area (Å²) in [6, 6.07) is 13.4. The molecule has 0 radical (unpaired) electrons. The van der Waals surface area contributed by atoms with Crippen LogP contribution in [0, 0.1) is 6.92 Å². The Hall–Kier alpha value is -4.18. The number of hydrogen-bond donors (Lipinski definition) is 2. The number of phenolic OH excluding ortho intramolecular Hbond substituents is 2. The Labute approximate surface area is 215 Å². The largest absolute Gasteiger partial charge is 0.508 e. The number of aromatic hydroxyl groups is 2. The molecule has 0 fully saturated rings. The molecule has 10 heteroatoms. The lowest BCUT2D eigenvalue weighted by molar-refractivity contribution is 0.0798. The van der Waals surface area contributed by atoms with Crippen LogP contribution in [0.4, 0.5) is 4.79 Å². The first-order valence-electron chi connectivity index (χ1n) is 11.1. The minimum atomic E-state index is -4.17. The van der Waals surface area contributed by atoms with Crippen molar-refractivity contribution in [2.24, 2.45) is 0 Å². The van der Waals surface area contributed by atoms with Gasteiger partial charge in [0.2, 0.25) is 0 Å². The summed E-state index contributed by atoms with van der Waals surface area (Å²) in [4.78, 5) is 11.3. The van der Waals surface area contributed by atoms with Crippen molar-refractivity contribution in [3.8, 4) is 34.1 Å². The first-order chi connectivity index (χ1) is 17.5. The lowest BCUT2D eigenvalue weighted by Gasteiger charge is -2.18. The number of methoxy groups -OCH3 is 2. The van der Waals surface area contributed by atoms with Crippen LogP contribution in [-0.2, 0) is 26.0 Å². The van der Waals surface area contributed by atoms with Gasteiger partial charge in [0, 0.05) is 11.6 Å². The normalized spacial score (nSPS) is 11.6. The van der Waals surface area contributed by atoms with Gasteiger partial charge in [0.15, 0.2) is 11.5 Å². The maximum Gasteiger partial charge on any atom is 0.508 e. The van der Waals surface area contributed by atoms with Gasteiger partial charge in [0.1, 0.15) is 23.0 Å². The van der Waals surface area contributed by atoms with Gasteiger partial charge in [-0.2, -0.15) is 8.42 Å². The smallest absolute Gasteiger partial charge is 0.508 e. The fraction of sp³-hybridized carbons (Fsp3) is 0.222. The van der Waals surface area contributed by atoms with E-state index in [0.29, 0.717) is 22.3 Å². The van der Waals surface area contributed by atoms with Crippen molar-refractivity contribution < 1.29 is 41.8 Å². The van der Waals surface area contributed by atoms with Crippen LogP contribution >= 0.6 is 0 Å². The molecule has 0 bridgehead atoms. The standard InChI is InChI=1S/C27H28O9S/c1-17-5-8-22(9-6-17)37(31,32)36-25-12-11-23(19-13-20(28)15-21(29)14-19)24(26(25)33-3)10-7-18(2)16-35-27(30)34-4/h5-9,11-15,28-29H,10,16H2,1-4H3/b18-7+. The van der Waals surface area contributed by atoms with Crippen LogP contribution in [0.25, 0.3) is 11.1 Å². The first kappa shape index (κ1) is 27.4. The number of phenols is 2. The molecule has 0 aliphatic heterocycles. The number of hydrogen-bond acceptors (Lipinski definition) is 9. The molecule has 3 rings (SSSR count). The molecule has 0 saturated heterocycles. The van der Waals surface area contributed by atoms with Gasteiger partial charge >= 0.3 is 16.3 Å². The predicted octanol–water partition coefficient (Wildman–Crippen LogP) is 5.12. The highest BCUT2D eigenvalue weighted by molar-refractivity contribution is 7.87. The molecule has 0 saturated carbocycles. The maximum absolute atomic E-state index is 13.0. The molecule has 0 aliphatic carbocycles. The maximum atomic E-state index is 13.0. The average molecular weight is 529 g/mol. The van der Waals surface area contributed by atoms with E-state index in [-0.39, 0.29) is 40.9 Å². The van der Waals surface area contributed by atoms with Gasteiger partial charge in [0.25, 0.3) is 0 Å². The van der Waals surface area contributed by atoms with E-state index in [1.807, 2.05) is 6.92 Å². The highest BCUT2D eigenvalue weighted by atomic mass is 32.2. The summed E-state index contributed by atoms with van der Waals surface area (Å²) in [5.41, 5.74) is 3.13. The zero-order valence-electron chi connectivity index (χ0n) is 20.8. The third-order valence-electron chi connectivity index (χ3n) is 5.39. The molecular formula is C27H28O9S. The van der Waals surface area contributed by atoms with Crippen molar-refractivity contribution in [2.45, 2.75) is 25.2 Å². The minimum absolute atomic E-state index is 0.0145. The first-order valence-corrected chi connectivity index (χ1v) is 12.6. The number of ether oxygens (including phenoxy) is 3. The second-order valence-electron chi connectivity index (χ2n) is 8.21. The highest BCUT2D eigenvalue weighted by Crippen LogP contribution is 2.41. The summed E-state index contributed by atoms with van der Waals surface area (Å²) < 4.78 is 46.4. The van der Waals surface area contributed by atoms with Gasteiger partial charge in [0.05, 0.1) is 14.2 Å². The molecule has 9 nitrogen and oxygen atoms in total. The van der Waals surface area contributed by atoms with Crippen LogP contribution in [0.1, 0.15) is 18.1 Å². The van der Waals surface area contributed by atoms with Crippen molar-refractivity contribution in [2.75, 3.05) is 20.8 Å². The second kappa shape index (κ2) is 11.7. The Morgan fingerprint density at radius 1 is 0.973 bits per heavy atom. The topological polar surface area (TPSA) is 129 Å². The van der Waals surface area contributed by atoms with Crippen molar-refractivity contribution in [1.29, 1.82) is 0 Å². The Bertz CT molecular complexity index is 1390. The van der Waals surface area contributed by atoms with E-state index >= 15 is 0 Å². The summed E-state index contributed by atoms with van der Waals surface area (Å²) in [7, 11) is -1.58. The molecule has 0 aromatic heterocycles. The van der Waals surface area contributed by atoms with E-state index in [1.54, 1.807) is 31.2 Å². The molecule has 3 aromatic rings. The fourth-order valence-corrected chi connectivity index (χ4v) is 4.49. The van der Waals surface area contributed by atoms with Crippen molar-refractivity contribution in [1.82, 2.24) is 0 Å². The summed E-state index contributed by atoms with van der Waals surface area (Å²) in [5, 5.41) is 20.0. The van der Waals surface area contributed by atoms with E-state index in [2.05, 4.69) is 4.74 Å². The molecule has 0 unspecified atom stereocenters. The zero-order chi connectivity index (χ0) is 27.2. The van der Waals surface area contributed by atoms with Crippen LogP contribution in [-0.4, -0.2) is 45.6 Å². The molecule has 0 amide bonds. The highest BCUT2D eigenvalue weighted by Gasteiger charge is 2.23. The Morgan fingerprint density at radius 2 is 1.62 bits per heavy atom. The average Bonchev–Trinajstić information content (AvgIpc) is 2.85.